The topological polar surface area (TPSA) is 65.2 Å². The summed E-state index contributed by atoms with van der Waals surface area (Å²) >= 11 is 0. The van der Waals surface area contributed by atoms with Gasteiger partial charge in [0.05, 0.1) is 18.7 Å². The first kappa shape index (κ1) is 17.9. The van der Waals surface area contributed by atoms with E-state index < -0.39 is 0 Å². The molecule has 2 aromatic heterocycles. The second-order valence-corrected chi connectivity index (χ2v) is 6.16. The van der Waals surface area contributed by atoms with Crippen LogP contribution >= 0.6 is 0 Å². The van der Waals surface area contributed by atoms with E-state index in [1.807, 2.05) is 62.4 Å². The van der Waals surface area contributed by atoms with Gasteiger partial charge in [-0.2, -0.15) is 0 Å². The van der Waals surface area contributed by atoms with Crippen molar-refractivity contribution in [1.29, 1.82) is 0 Å². The van der Waals surface area contributed by atoms with Crippen molar-refractivity contribution in [3.05, 3.63) is 71.4 Å². The molecule has 0 atom stereocenters. The molecule has 5 nitrogen and oxygen atoms in total. The summed E-state index contributed by atoms with van der Waals surface area (Å²) in [6.07, 6.45) is 1.65. The van der Waals surface area contributed by atoms with Crippen molar-refractivity contribution < 1.29 is 13.9 Å². The maximum Gasteiger partial charge on any atom is 0.312 e. The van der Waals surface area contributed by atoms with Crippen LogP contribution in [0.2, 0.25) is 0 Å². The van der Waals surface area contributed by atoms with Crippen molar-refractivity contribution in [3.63, 3.8) is 0 Å². The fourth-order valence-electron chi connectivity index (χ4n) is 2.66. The number of rotatable bonds is 7. The van der Waals surface area contributed by atoms with E-state index in [2.05, 4.69) is 9.97 Å². The molecule has 0 aliphatic carbocycles. The van der Waals surface area contributed by atoms with Crippen molar-refractivity contribution in [1.82, 2.24) is 9.97 Å². The van der Waals surface area contributed by atoms with Crippen molar-refractivity contribution in [3.8, 4) is 11.5 Å². The standard InChI is InChI=1S/C21H22N2O3/c1-15-8-6-11-18(22-15)12-7-13-25-20(24)14-19-16(2)26-21(23-19)17-9-4-3-5-10-17/h3-6,8-11H,7,12-14H2,1-2H3. The molecule has 0 spiro atoms. The van der Waals surface area contributed by atoms with E-state index in [0.717, 1.165) is 29.8 Å². The number of benzene rings is 1. The Labute approximate surface area is 153 Å². The van der Waals surface area contributed by atoms with Crippen molar-refractivity contribution >= 4 is 5.97 Å². The number of oxazole rings is 1. The molecule has 5 heteroatoms. The number of hydrogen-bond acceptors (Lipinski definition) is 5. The molecule has 0 aliphatic heterocycles. The predicted molar refractivity (Wildman–Crippen MR) is 98.6 cm³/mol. The fraction of sp³-hybridized carbons (Fsp3) is 0.286. The highest BCUT2D eigenvalue weighted by Gasteiger charge is 2.15. The smallest absolute Gasteiger partial charge is 0.312 e. The lowest BCUT2D eigenvalue weighted by atomic mass is 10.2. The molecule has 1 aromatic carbocycles. The van der Waals surface area contributed by atoms with Gasteiger partial charge in [0.1, 0.15) is 5.76 Å². The van der Waals surface area contributed by atoms with Crippen LogP contribution in [0.3, 0.4) is 0 Å². The Morgan fingerprint density at radius 2 is 1.85 bits per heavy atom. The van der Waals surface area contributed by atoms with E-state index in [-0.39, 0.29) is 12.4 Å². The Bertz CT molecular complexity index is 872. The van der Waals surface area contributed by atoms with Crippen LogP contribution in [0.25, 0.3) is 11.5 Å². The average Bonchev–Trinajstić information content (AvgIpc) is 3.00. The number of esters is 1. The zero-order valence-corrected chi connectivity index (χ0v) is 15.1. The molecule has 0 aliphatic rings. The van der Waals surface area contributed by atoms with Gasteiger partial charge >= 0.3 is 5.97 Å². The Morgan fingerprint density at radius 1 is 1.04 bits per heavy atom. The summed E-state index contributed by atoms with van der Waals surface area (Å²) in [6.45, 7) is 4.15. The summed E-state index contributed by atoms with van der Waals surface area (Å²) in [5, 5.41) is 0. The van der Waals surface area contributed by atoms with Gasteiger partial charge in [0.2, 0.25) is 5.89 Å². The Kier molecular flexibility index (Phi) is 5.79. The van der Waals surface area contributed by atoms with Gasteiger partial charge in [0, 0.05) is 17.0 Å². The lowest BCUT2D eigenvalue weighted by molar-refractivity contribution is -0.143. The summed E-state index contributed by atoms with van der Waals surface area (Å²) < 4.78 is 11.0. The zero-order chi connectivity index (χ0) is 18.4. The molecule has 2 heterocycles. The summed E-state index contributed by atoms with van der Waals surface area (Å²) in [7, 11) is 0. The van der Waals surface area contributed by atoms with Crippen LogP contribution in [-0.4, -0.2) is 22.5 Å². The number of carbonyl (C=O) groups excluding carboxylic acids is 1. The highest BCUT2D eigenvalue weighted by atomic mass is 16.5. The molecule has 134 valence electrons. The van der Waals surface area contributed by atoms with Gasteiger partial charge in [-0.3, -0.25) is 9.78 Å². The molecule has 0 radical (unpaired) electrons. The van der Waals surface area contributed by atoms with Gasteiger partial charge in [-0.25, -0.2) is 4.98 Å². The number of pyridine rings is 1. The SMILES string of the molecule is Cc1cccc(CCCOC(=O)Cc2nc(-c3ccccc3)oc2C)n1. The minimum absolute atomic E-state index is 0.116. The quantitative estimate of drug-likeness (QED) is 0.475. The van der Waals surface area contributed by atoms with E-state index in [4.69, 9.17) is 9.15 Å². The third kappa shape index (κ3) is 4.79. The van der Waals surface area contributed by atoms with Crippen LogP contribution in [0.5, 0.6) is 0 Å². The number of hydrogen-bond donors (Lipinski definition) is 0. The van der Waals surface area contributed by atoms with Gasteiger partial charge in [-0.15, -0.1) is 0 Å². The van der Waals surface area contributed by atoms with Gasteiger partial charge < -0.3 is 9.15 Å². The molecule has 0 saturated heterocycles. The molecule has 0 bridgehead atoms. The average molecular weight is 350 g/mol. The van der Waals surface area contributed by atoms with Crippen LogP contribution in [0, 0.1) is 13.8 Å². The second kappa shape index (κ2) is 8.43. The summed E-state index contributed by atoms with van der Waals surface area (Å²) in [5.41, 5.74) is 3.52. The molecule has 0 unspecified atom stereocenters. The van der Waals surface area contributed by atoms with Crippen molar-refractivity contribution in [2.75, 3.05) is 6.61 Å². The molecule has 0 amide bonds. The molecular weight excluding hydrogens is 328 g/mol. The highest BCUT2D eigenvalue weighted by Crippen LogP contribution is 2.21. The van der Waals surface area contributed by atoms with E-state index in [9.17, 15) is 4.79 Å². The number of aromatic nitrogens is 2. The monoisotopic (exact) mass is 350 g/mol. The number of carbonyl (C=O) groups is 1. The molecule has 26 heavy (non-hydrogen) atoms. The van der Waals surface area contributed by atoms with E-state index >= 15 is 0 Å². The van der Waals surface area contributed by atoms with Gasteiger partial charge in [0.15, 0.2) is 0 Å². The predicted octanol–water partition coefficient (Wildman–Crippen LogP) is 4.07. The Morgan fingerprint density at radius 3 is 2.62 bits per heavy atom. The third-order valence-electron chi connectivity index (χ3n) is 4.01. The van der Waals surface area contributed by atoms with Gasteiger partial charge in [-0.1, -0.05) is 24.3 Å². The first-order chi connectivity index (χ1) is 12.6. The molecule has 0 N–H and O–H groups in total. The fourth-order valence-corrected chi connectivity index (χ4v) is 2.66. The van der Waals surface area contributed by atoms with Crippen LogP contribution in [0.15, 0.2) is 52.9 Å². The maximum atomic E-state index is 12.1. The van der Waals surface area contributed by atoms with Crippen LogP contribution < -0.4 is 0 Å². The third-order valence-corrected chi connectivity index (χ3v) is 4.01. The lowest BCUT2D eigenvalue weighted by Crippen LogP contribution is -2.10. The van der Waals surface area contributed by atoms with Gasteiger partial charge in [-0.05, 0) is 51.0 Å². The van der Waals surface area contributed by atoms with Gasteiger partial charge in [0.25, 0.3) is 0 Å². The van der Waals surface area contributed by atoms with E-state index in [1.54, 1.807) is 0 Å². The molecule has 3 aromatic rings. The Hall–Kier alpha value is -2.95. The minimum atomic E-state index is -0.293. The van der Waals surface area contributed by atoms with E-state index in [1.165, 1.54) is 0 Å². The number of ether oxygens (including phenoxy) is 1. The largest absolute Gasteiger partial charge is 0.465 e. The van der Waals surface area contributed by atoms with Crippen LogP contribution in [0.1, 0.15) is 29.3 Å². The first-order valence-electron chi connectivity index (χ1n) is 8.71. The maximum absolute atomic E-state index is 12.1. The van der Waals surface area contributed by atoms with E-state index in [0.29, 0.717) is 24.0 Å². The molecule has 0 fully saturated rings. The molecule has 0 saturated carbocycles. The zero-order valence-electron chi connectivity index (χ0n) is 15.1. The molecule has 3 rings (SSSR count). The number of nitrogens with zero attached hydrogens (tertiary/aromatic N) is 2. The van der Waals surface area contributed by atoms with Crippen LogP contribution in [-0.2, 0) is 22.4 Å². The van der Waals surface area contributed by atoms with Crippen molar-refractivity contribution in [2.24, 2.45) is 0 Å². The summed E-state index contributed by atoms with van der Waals surface area (Å²) in [4.78, 5) is 20.9. The summed E-state index contributed by atoms with van der Waals surface area (Å²) in [6, 6.07) is 15.6. The summed E-state index contributed by atoms with van der Waals surface area (Å²) in [5.74, 6) is 0.874. The van der Waals surface area contributed by atoms with Crippen LogP contribution in [0.4, 0.5) is 0 Å². The second-order valence-electron chi connectivity index (χ2n) is 6.16. The lowest BCUT2D eigenvalue weighted by Gasteiger charge is -2.04. The first-order valence-corrected chi connectivity index (χ1v) is 8.71. The molecular formula is C21H22N2O3. The normalized spacial score (nSPS) is 10.7. The highest BCUT2D eigenvalue weighted by molar-refractivity contribution is 5.72. The number of aryl methyl sites for hydroxylation is 3. The Balaban J connectivity index is 1.48. The minimum Gasteiger partial charge on any atom is -0.465 e. The van der Waals surface area contributed by atoms with Crippen molar-refractivity contribution in [2.45, 2.75) is 33.1 Å².